The first kappa shape index (κ1) is 5.56. The first-order chi connectivity index (χ1) is 9.82. The lowest BCUT2D eigenvalue weighted by atomic mass is 10.2. The topological polar surface area (TPSA) is 104 Å². The molecule has 0 amide bonds. The van der Waals surface area contributed by atoms with Gasteiger partial charge in [-0.2, -0.15) is 0 Å². The van der Waals surface area contributed by atoms with Gasteiger partial charge in [-0.25, -0.2) is 23.1 Å². The second-order valence-corrected chi connectivity index (χ2v) is 2.96. The summed E-state index contributed by atoms with van der Waals surface area (Å²) >= 11 is 0. The lowest BCUT2D eigenvalue weighted by molar-refractivity contribution is -2.00. The Morgan fingerprint density at radius 1 is 1.27 bits per heavy atom. The summed E-state index contributed by atoms with van der Waals surface area (Å²) in [5, 5.41) is 0. The summed E-state index contributed by atoms with van der Waals surface area (Å²) in [7, 11) is -4.94. The van der Waals surface area contributed by atoms with Gasteiger partial charge in [0.25, 0.3) is 0 Å². The molecule has 1 rings (SSSR count). The molecule has 1 heterocycles. The van der Waals surface area contributed by atoms with E-state index in [-0.39, 0.29) is 5.56 Å². The highest BCUT2D eigenvalue weighted by molar-refractivity contribution is 5.16. The molecule has 0 atom stereocenters. The van der Waals surface area contributed by atoms with Gasteiger partial charge < -0.3 is 0 Å². The summed E-state index contributed by atoms with van der Waals surface area (Å²) < 4.78 is 97.1. The predicted molar refractivity (Wildman–Crippen MR) is 42.0 cm³/mol. The second kappa shape index (κ2) is 5.99. The van der Waals surface area contributed by atoms with E-state index in [9.17, 15) is 0 Å². The first-order valence-electron chi connectivity index (χ1n) is 7.43. The highest BCUT2D eigenvalue weighted by Gasteiger charge is 2.05. The lowest BCUT2D eigenvalue weighted by Gasteiger charge is -2.17. The van der Waals surface area contributed by atoms with Gasteiger partial charge >= 0.3 is 11.5 Å². The largest absolute Gasteiger partial charge is 0.326 e. The van der Waals surface area contributed by atoms with Crippen LogP contribution >= 0.6 is 0 Å². The minimum absolute atomic E-state index is 0.0361. The van der Waals surface area contributed by atoms with E-state index in [0.29, 0.717) is 0 Å². The van der Waals surface area contributed by atoms with Gasteiger partial charge in [0.05, 0.1) is 13.7 Å². The maximum atomic E-state index is 8.49. The second-order valence-electron chi connectivity index (χ2n) is 2.20. The molecule has 0 aromatic carbocycles. The minimum atomic E-state index is -4.94. The molecule has 6 heteroatoms. The zero-order valence-electron chi connectivity index (χ0n) is 15.6. The van der Waals surface area contributed by atoms with Crippen molar-refractivity contribution < 1.29 is 44.3 Å². The monoisotopic (exact) mass is 244 g/mol. The van der Waals surface area contributed by atoms with Gasteiger partial charge in [0.1, 0.15) is 0 Å². The Labute approximate surface area is 102 Å². The molecule has 0 unspecified atom stereocenters. The SMILES string of the molecule is [2H]C([2H])([2H])c1cc(C([2H])([2H])C)cc(C([2H])([2H])[2H])[o+]1.[O-][Cl+3]([O-])([O-])[O-]. The number of rotatable bonds is 1. The van der Waals surface area contributed by atoms with E-state index in [2.05, 4.69) is 0 Å². The van der Waals surface area contributed by atoms with Crippen molar-refractivity contribution in [2.75, 3.05) is 0 Å². The Balaban J connectivity index is 0.000000841. The van der Waals surface area contributed by atoms with Gasteiger partial charge in [-0.15, -0.1) is 10.2 Å². The van der Waals surface area contributed by atoms with Crippen LogP contribution in [0.5, 0.6) is 0 Å². The van der Waals surface area contributed by atoms with E-state index in [1.807, 2.05) is 0 Å². The van der Waals surface area contributed by atoms with E-state index < -0.39 is 41.8 Å². The smallest absolute Gasteiger partial charge is 0.222 e. The van der Waals surface area contributed by atoms with E-state index in [1.165, 1.54) is 6.92 Å². The number of aryl methyl sites for hydroxylation is 3. The fourth-order valence-electron chi connectivity index (χ4n) is 0.646. The normalized spacial score (nSPS) is 21.1. The third kappa shape index (κ3) is 9.58. The molecule has 86 valence electrons. The van der Waals surface area contributed by atoms with Crippen LogP contribution in [0.4, 0.5) is 0 Å². The maximum Gasteiger partial charge on any atom is 0.326 e. The van der Waals surface area contributed by atoms with Gasteiger partial charge in [0.15, 0.2) is 0 Å². The number of hydrogen-bond acceptors (Lipinski definition) is 4. The molecule has 0 spiro atoms. The number of hydrogen-bond donors (Lipinski definition) is 0. The van der Waals surface area contributed by atoms with Crippen LogP contribution < -0.4 is 18.6 Å². The van der Waals surface area contributed by atoms with Crippen molar-refractivity contribution in [3.05, 3.63) is 29.2 Å². The number of halogens is 1. The molecule has 5 nitrogen and oxygen atoms in total. The average Bonchev–Trinajstić information content (AvgIpc) is 2.22. The Morgan fingerprint density at radius 2 is 1.67 bits per heavy atom. The molecule has 0 radical (unpaired) electrons. The van der Waals surface area contributed by atoms with Crippen molar-refractivity contribution in [1.29, 1.82) is 0 Å². The Hall–Kier alpha value is -0.720. The molecular weight excluding hydrogens is 224 g/mol. The Bertz CT molecular complexity index is 446. The molecule has 15 heavy (non-hydrogen) atoms. The lowest BCUT2D eigenvalue weighted by Crippen LogP contribution is -2.68. The molecule has 0 bridgehead atoms. The molecule has 0 fully saturated rings. The van der Waals surface area contributed by atoms with Gasteiger partial charge in [-0.05, 0) is 11.9 Å². The van der Waals surface area contributed by atoms with Crippen molar-refractivity contribution in [3.8, 4) is 0 Å². The molecule has 0 N–H and O–H groups in total. The maximum absolute atomic E-state index is 8.49. The summed E-state index contributed by atoms with van der Waals surface area (Å²) in [5.74, 6) is -1.06. The first-order valence-corrected chi connectivity index (χ1v) is 4.66. The van der Waals surface area contributed by atoms with E-state index in [0.717, 1.165) is 12.1 Å². The van der Waals surface area contributed by atoms with Crippen molar-refractivity contribution in [3.63, 3.8) is 0 Å². The van der Waals surface area contributed by atoms with Crippen LogP contribution in [0.3, 0.4) is 0 Å². The Morgan fingerprint density at radius 3 is 1.93 bits per heavy atom. The third-order valence-corrected chi connectivity index (χ3v) is 1.08. The quantitative estimate of drug-likeness (QED) is 0.531. The van der Waals surface area contributed by atoms with Crippen LogP contribution in [0.15, 0.2) is 16.5 Å². The van der Waals surface area contributed by atoms with Gasteiger partial charge in [0, 0.05) is 23.1 Å². The van der Waals surface area contributed by atoms with Crippen molar-refractivity contribution in [2.45, 2.75) is 27.0 Å². The van der Waals surface area contributed by atoms with Gasteiger partial charge in [-0.1, -0.05) is 6.92 Å². The van der Waals surface area contributed by atoms with Gasteiger partial charge in [0.2, 0.25) is 0 Å². The molecule has 0 aliphatic heterocycles. The van der Waals surface area contributed by atoms with Crippen LogP contribution in [0.2, 0.25) is 0 Å². The van der Waals surface area contributed by atoms with Crippen LogP contribution in [0.1, 0.15) is 35.0 Å². The standard InChI is InChI=1S/C9H13O.ClHO4/c1-4-9-5-7(2)10-8(3)6-9;2-1(3,4)5/h5-6H,4H2,1-3H3;(H,2,3,4,5)/q+1;/p-1/i2D3,3D3,4D2;. The van der Waals surface area contributed by atoms with Crippen molar-refractivity contribution in [2.24, 2.45) is 0 Å². The Kier molecular flexibility index (Phi) is 2.22. The molecule has 0 saturated carbocycles. The van der Waals surface area contributed by atoms with Crippen molar-refractivity contribution >= 4 is 0 Å². The highest BCUT2D eigenvalue weighted by Crippen LogP contribution is 2.08. The summed E-state index contributed by atoms with van der Waals surface area (Å²) in [4.78, 5) is 0. The molecule has 0 aliphatic rings. The summed E-state index contributed by atoms with van der Waals surface area (Å²) in [6.07, 6.45) is -1.85. The minimum Gasteiger partial charge on any atom is -0.222 e. The highest BCUT2D eigenvalue weighted by atomic mass is 35.7. The van der Waals surface area contributed by atoms with Crippen LogP contribution in [-0.4, -0.2) is 0 Å². The van der Waals surface area contributed by atoms with E-state index >= 15 is 0 Å². The van der Waals surface area contributed by atoms with Crippen LogP contribution in [0, 0.1) is 23.9 Å². The molecule has 0 saturated heterocycles. The van der Waals surface area contributed by atoms with E-state index in [1.54, 1.807) is 0 Å². The van der Waals surface area contributed by atoms with Crippen LogP contribution in [0.25, 0.3) is 0 Å². The predicted octanol–water partition coefficient (Wildman–Crippen LogP) is -2.02. The van der Waals surface area contributed by atoms with Crippen molar-refractivity contribution in [1.82, 2.24) is 0 Å². The van der Waals surface area contributed by atoms with Crippen LogP contribution in [-0.2, 0) is 6.37 Å². The average molecular weight is 245 g/mol. The summed E-state index contributed by atoms with van der Waals surface area (Å²) in [6, 6.07) is 2.06. The van der Waals surface area contributed by atoms with Gasteiger partial charge in [-0.3, -0.25) is 0 Å². The fraction of sp³-hybridized carbons (Fsp3) is 0.444. The molecule has 0 aliphatic carbocycles. The molecule has 1 aromatic rings. The zero-order valence-corrected chi connectivity index (χ0v) is 8.33. The fourth-order valence-corrected chi connectivity index (χ4v) is 0.646. The summed E-state index contributed by atoms with van der Waals surface area (Å²) in [5.41, 5.74) is -0.0361. The zero-order chi connectivity index (χ0) is 18.9. The van der Waals surface area contributed by atoms with E-state index in [4.69, 9.17) is 34.0 Å². The molecule has 1 aromatic heterocycles. The molecular formula is C9H13ClO5. The third-order valence-electron chi connectivity index (χ3n) is 1.08. The summed E-state index contributed by atoms with van der Waals surface area (Å²) in [6.45, 7) is -4.03.